The number of hydrogen-bond acceptors (Lipinski definition) is 1. The highest BCUT2D eigenvalue weighted by atomic mass is 16.2. The Labute approximate surface area is 120 Å². The van der Waals surface area contributed by atoms with Crippen molar-refractivity contribution in [3.63, 3.8) is 0 Å². The summed E-state index contributed by atoms with van der Waals surface area (Å²) >= 11 is 0. The number of fused-ring (bicyclic) bond motifs is 1. The van der Waals surface area contributed by atoms with Crippen molar-refractivity contribution >= 4 is 16.8 Å². The molecule has 1 saturated heterocycles. The molecule has 0 atom stereocenters. The van der Waals surface area contributed by atoms with E-state index in [1.165, 1.54) is 11.3 Å². The molecule has 0 bridgehead atoms. The molecule has 2 aromatic rings. The van der Waals surface area contributed by atoms with Crippen LogP contribution in [0, 0.1) is 19.3 Å². The first-order chi connectivity index (χ1) is 9.37. The van der Waals surface area contributed by atoms with E-state index in [1.54, 1.807) is 0 Å². The molecular formula is C17H22N2O. The molecular weight excluding hydrogens is 248 g/mol. The van der Waals surface area contributed by atoms with E-state index in [2.05, 4.69) is 32.7 Å². The van der Waals surface area contributed by atoms with Gasteiger partial charge in [0.05, 0.1) is 0 Å². The Kier molecular flexibility index (Phi) is 2.89. The molecule has 0 saturated carbocycles. The fourth-order valence-corrected chi connectivity index (χ4v) is 3.06. The number of aromatic nitrogens is 1. The summed E-state index contributed by atoms with van der Waals surface area (Å²) in [4.78, 5) is 17.9. The van der Waals surface area contributed by atoms with E-state index in [9.17, 15) is 4.79 Å². The third-order valence-electron chi connectivity index (χ3n) is 4.52. The lowest BCUT2D eigenvalue weighted by Crippen LogP contribution is -2.30. The molecule has 20 heavy (non-hydrogen) atoms. The number of hydrogen-bond donors (Lipinski definition) is 1. The number of nitrogens with one attached hydrogen (secondary N) is 1. The van der Waals surface area contributed by atoms with Crippen molar-refractivity contribution < 1.29 is 4.79 Å². The van der Waals surface area contributed by atoms with Crippen molar-refractivity contribution in [3.8, 4) is 0 Å². The molecule has 1 aliphatic heterocycles. The van der Waals surface area contributed by atoms with Crippen LogP contribution in [0.1, 0.15) is 41.9 Å². The average Bonchev–Trinajstić information content (AvgIpc) is 2.90. The third kappa shape index (κ3) is 2.11. The number of aromatic amines is 1. The number of H-pyrrole nitrogens is 1. The van der Waals surface area contributed by atoms with Crippen LogP contribution in [0.15, 0.2) is 18.2 Å². The van der Waals surface area contributed by atoms with Gasteiger partial charge in [-0.25, -0.2) is 0 Å². The van der Waals surface area contributed by atoms with Gasteiger partial charge in [-0.05, 0) is 49.4 Å². The summed E-state index contributed by atoms with van der Waals surface area (Å²) in [5, 5.41) is 1.16. The van der Waals surface area contributed by atoms with Crippen molar-refractivity contribution in [1.82, 2.24) is 9.88 Å². The van der Waals surface area contributed by atoms with Gasteiger partial charge in [-0.1, -0.05) is 13.8 Å². The van der Waals surface area contributed by atoms with Gasteiger partial charge in [0, 0.05) is 35.2 Å². The van der Waals surface area contributed by atoms with Crippen LogP contribution in [0.25, 0.3) is 10.9 Å². The van der Waals surface area contributed by atoms with Gasteiger partial charge in [0.25, 0.3) is 5.91 Å². The van der Waals surface area contributed by atoms with Crippen molar-refractivity contribution in [1.29, 1.82) is 0 Å². The van der Waals surface area contributed by atoms with Crippen LogP contribution in [-0.2, 0) is 0 Å². The standard InChI is InChI=1S/C17H22N2O/c1-11-12(2)18-15-6-5-13(9-14(11)15)16(20)19-8-7-17(3,4)10-19/h5-6,9,18H,7-8,10H2,1-4H3. The maximum Gasteiger partial charge on any atom is 0.253 e. The maximum absolute atomic E-state index is 12.6. The number of likely N-dealkylation sites (tertiary alicyclic amines) is 1. The number of carbonyl (C=O) groups excluding carboxylic acids is 1. The molecule has 1 N–H and O–H groups in total. The van der Waals surface area contributed by atoms with Gasteiger partial charge in [0.2, 0.25) is 0 Å². The zero-order valence-corrected chi connectivity index (χ0v) is 12.7. The van der Waals surface area contributed by atoms with Crippen LogP contribution in [0.2, 0.25) is 0 Å². The number of amides is 1. The van der Waals surface area contributed by atoms with Crippen LogP contribution in [0.4, 0.5) is 0 Å². The lowest BCUT2D eigenvalue weighted by Gasteiger charge is -2.20. The second-order valence-electron chi connectivity index (χ2n) is 6.78. The number of aryl methyl sites for hydroxylation is 2. The zero-order chi connectivity index (χ0) is 14.5. The molecule has 1 aromatic carbocycles. The largest absolute Gasteiger partial charge is 0.358 e. The van der Waals surface area contributed by atoms with Gasteiger partial charge in [-0.15, -0.1) is 0 Å². The van der Waals surface area contributed by atoms with Crippen LogP contribution in [0.5, 0.6) is 0 Å². The molecule has 1 amide bonds. The van der Waals surface area contributed by atoms with E-state index >= 15 is 0 Å². The molecule has 1 fully saturated rings. The molecule has 1 aromatic heterocycles. The summed E-state index contributed by atoms with van der Waals surface area (Å²) in [6.07, 6.45) is 1.09. The summed E-state index contributed by atoms with van der Waals surface area (Å²) in [6.45, 7) is 10.3. The van der Waals surface area contributed by atoms with Crippen LogP contribution >= 0.6 is 0 Å². The van der Waals surface area contributed by atoms with Crippen LogP contribution in [0.3, 0.4) is 0 Å². The molecule has 0 aliphatic carbocycles. The van der Waals surface area contributed by atoms with E-state index in [1.807, 2.05) is 23.1 Å². The van der Waals surface area contributed by atoms with Crippen molar-refractivity contribution in [3.05, 3.63) is 35.0 Å². The summed E-state index contributed by atoms with van der Waals surface area (Å²) in [5.74, 6) is 0.163. The van der Waals surface area contributed by atoms with E-state index in [0.29, 0.717) is 0 Å². The SMILES string of the molecule is Cc1[nH]c2ccc(C(=O)N3CCC(C)(C)C3)cc2c1C. The highest BCUT2D eigenvalue weighted by Gasteiger charge is 2.32. The van der Waals surface area contributed by atoms with Crippen molar-refractivity contribution in [2.24, 2.45) is 5.41 Å². The van der Waals surface area contributed by atoms with Crippen molar-refractivity contribution in [2.75, 3.05) is 13.1 Å². The van der Waals surface area contributed by atoms with Crippen LogP contribution < -0.4 is 0 Å². The van der Waals surface area contributed by atoms with Gasteiger partial charge in [-0.2, -0.15) is 0 Å². The Balaban J connectivity index is 1.94. The first kappa shape index (κ1) is 13.2. The first-order valence-corrected chi connectivity index (χ1v) is 7.26. The highest BCUT2D eigenvalue weighted by Crippen LogP contribution is 2.30. The van der Waals surface area contributed by atoms with E-state index in [4.69, 9.17) is 0 Å². The van der Waals surface area contributed by atoms with E-state index in [0.717, 1.165) is 36.0 Å². The summed E-state index contributed by atoms with van der Waals surface area (Å²) in [6, 6.07) is 5.98. The molecule has 0 unspecified atom stereocenters. The Hall–Kier alpha value is -1.77. The molecule has 0 spiro atoms. The number of nitrogens with zero attached hydrogens (tertiary/aromatic N) is 1. The fraction of sp³-hybridized carbons (Fsp3) is 0.471. The minimum absolute atomic E-state index is 0.163. The average molecular weight is 270 g/mol. The van der Waals surface area contributed by atoms with Gasteiger partial charge in [0.15, 0.2) is 0 Å². The molecule has 0 radical (unpaired) electrons. The quantitative estimate of drug-likeness (QED) is 0.843. The van der Waals surface area contributed by atoms with Crippen LogP contribution in [-0.4, -0.2) is 28.9 Å². The lowest BCUT2D eigenvalue weighted by molar-refractivity contribution is 0.0778. The monoisotopic (exact) mass is 270 g/mol. The zero-order valence-electron chi connectivity index (χ0n) is 12.7. The number of benzene rings is 1. The minimum Gasteiger partial charge on any atom is -0.358 e. The summed E-state index contributed by atoms with van der Waals surface area (Å²) < 4.78 is 0. The molecule has 3 heteroatoms. The Morgan fingerprint density at radius 3 is 2.70 bits per heavy atom. The summed E-state index contributed by atoms with van der Waals surface area (Å²) in [5.41, 5.74) is 4.57. The Bertz CT molecular complexity index is 682. The number of carbonyl (C=O) groups is 1. The topological polar surface area (TPSA) is 36.1 Å². The van der Waals surface area contributed by atoms with E-state index in [-0.39, 0.29) is 11.3 Å². The second-order valence-corrected chi connectivity index (χ2v) is 6.78. The van der Waals surface area contributed by atoms with E-state index < -0.39 is 0 Å². The molecule has 3 rings (SSSR count). The Morgan fingerprint density at radius 2 is 2.05 bits per heavy atom. The highest BCUT2D eigenvalue weighted by molar-refractivity contribution is 5.99. The van der Waals surface area contributed by atoms with Gasteiger partial charge in [-0.3, -0.25) is 4.79 Å². The molecule has 2 heterocycles. The predicted octanol–water partition coefficient (Wildman–Crippen LogP) is 3.66. The molecule has 1 aliphatic rings. The smallest absolute Gasteiger partial charge is 0.253 e. The van der Waals surface area contributed by atoms with Gasteiger partial charge < -0.3 is 9.88 Å². The van der Waals surface area contributed by atoms with Gasteiger partial charge in [0.1, 0.15) is 0 Å². The maximum atomic E-state index is 12.6. The normalized spacial score (nSPS) is 17.9. The first-order valence-electron chi connectivity index (χ1n) is 7.26. The van der Waals surface area contributed by atoms with Gasteiger partial charge >= 0.3 is 0 Å². The Morgan fingerprint density at radius 1 is 1.30 bits per heavy atom. The molecule has 3 nitrogen and oxygen atoms in total. The van der Waals surface area contributed by atoms with Crippen molar-refractivity contribution in [2.45, 2.75) is 34.1 Å². The third-order valence-corrected chi connectivity index (χ3v) is 4.52. The lowest BCUT2D eigenvalue weighted by atomic mass is 9.93. The minimum atomic E-state index is 0.163. The predicted molar refractivity (Wildman–Crippen MR) is 82.1 cm³/mol. The second kappa shape index (κ2) is 4.37. The summed E-state index contributed by atoms with van der Waals surface area (Å²) in [7, 11) is 0. The fourth-order valence-electron chi connectivity index (χ4n) is 3.06. The molecule has 106 valence electrons. The number of rotatable bonds is 1.